The maximum Gasteiger partial charge on any atom is 0.410 e. The zero-order valence-electron chi connectivity index (χ0n) is 15.5. The van der Waals surface area contributed by atoms with Gasteiger partial charge in [-0.05, 0) is 62.2 Å². The van der Waals surface area contributed by atoms with Gasteiger partial charge in [0.2, 0.25) is 10.0 Å². The maximum absolute atomic E-state index is 12.7. The van der Waals surface area contributed by atoms with Crippen molar-refractivity contribution in [3.05, 3.63) is 41.4 Å². The molecule has 0 aliphatic carbocycles. The molecule has 6 nitrogen and oxygen atoms in total. The molecule has 1 amide bonds. The van der Waals surface area contributed by atoms with Gasteiger partial charge < -0.3 is 9.64 Å². The highest BCUT2D eigenvalue weighted by atomic mass is 35.5. The van der Waals surface area contributed by atoms with Gasteiger partial charge in [0.1, 0.15) is 5.60 Å². The summed E-state index contributed by atoms with van der Waals surface area (Å²) in [5.74, 6) is 0. The van der Waals surface area contributed by atoms with Crippen molar-refractivity contribution in [2.45, 2.75) is 43.7 Å². The predicted octanol–water partition coefficient (Wildman–Crippen LogP) is 3.78. The Bertz CT molecular complexity index is 969. The van der Waals surface area contributed by atoms with Crippen LogP contribution in [0.4, 0.5) is 4.79 Å². The van der Waals surface area contributed by atoms with Crippen LogP contribution in [0.1, 0.15) is 27.2 Å². The second kappa shape index (κ2) is 7.30. The van der Waals surface area contributed by atoms with Crippen molar-refractivity contribution >= 4 is 38.5 Å². The first-order chi connectivity index (χ1) is 12.5. The molecule has 0 radical (unpaired) electrons. The van der Waals surface area contributed by atoms with Gasteiger partial charge in [-0.15, -0.1) is 0 Å². The number of amides is 1. The Morgan fingerprint density at radius 2 is 1.85 bits per heavy atom. The fourth-order valence-corrected chi connectivity index (χ4v) is 4.48. The highest BCUT2D eigenvalue weighted by molar-refractivity contribution is 7.89. The van der Waals surface area contributed by atoms with Gasteiger partial charge in [0.05, 0.1) is 4.90 Å². The van der Waals surface area contributed by atoms with Crippen molar-refractivity contribution in [1.82, 2.24) is 9.62 Å². The summed E-state index contributed by atoms with van der Waals surface area (Å²) in [5.41, 5.74) is -0.581. The summed E-state index contributed by atoms with van der Waals surface area (Å²) in [6, 6.07) is 9.87. The number of rotatable bonds is 3. The minimum absolute atomic E-state index is 0.188. The Morgan fingerprint density at radius 3 is 2.56 bits per heavy atom. The monoisotopic (exact) mass is 410 g/mol. The van der Waals surface area contributed by atoms with Crippen LogP contribution in [0.3, 0.4) is 0 Å². The first-order valence-electron chi connectivity index (χ1n) is 8.73. The van der Waals surface area contributed by atoms with Crippen LogP contribution in [-0.2, 0) is 14.8 Å². The first kappa shape index (κ1) is 19.9. The summed E-state index contributed by atoms with van der Waals surface area (Å²) < 4.78 is 33.5. The molecule has 1 aliphatic rings. The molecular weight excluding hydrogens is 388 g/mol. The minimum atomic E-state index is -3.69. The summed E-state index contributed by atoms with van der Waals surface area (Å²) in [7, 11) is -3.69. The molecule has 0 bridgehead atoms. The topological polar surface area (TPSA) is 75.7 Å². The second-order valence-corrected chi connectivity index (χ2v) is 9.84. The number of likely N-dealkylation sites (tertiary alicyclic amines) is 1. The molecule has 1 N–H and O–H groups in total. The molecule has 1 atom stereocenters. The van der Waals surface area contributed by atoms with E-state index in [-0.39, 0.29) is 17.5 Å². The van der Waals surface area contributed by atoms with Gasteiger partial charge in [-0.3, -0.25) is 0 Å². The van der Waals surface area contributed by atoms with Crippen LogP contribution in [0.2, 0.25) is 5.02 Å². The van der Waals surface area contributed by atoms with Gasteiger partial charge in [-0.25, -0.2) is 17.9 Å². The summed E-state index contributed by atoms with van der Waals surface area (Å²) >= 11 is 5.97. The van der Waals surface area contributed by atoms with Crippen molar-refractivity contribution in [2.75, 3.05) is 13.1 Å². The Morgan fingerprint density at radius 1 is 1.19 bits per heavy atom. The van der Waals surface area contributed by atoms with E-state index in [1.54, 1.807) is 57.2 Å². The molecular formula is C19H23ClN2O4S. The number of nitrogens with zero attached hydrogens (tertiary/aromatic N) is 1. The zero-order valence-corrected chi connectivity index (χ0v) is 17.1. The highest BCUT2D eigenvalue weighted by Crippen LogP contribution is 2.23. The van der Waals surface area contributed by atoms with E-state index in [1.807, 2.05) is 0 Å². The van der Waals surface area contributed by atoms with Gasteiger partial charge in [0.15, 0.2) is 0 Å². The molecule has 146 valence electrons. The van der Waals surface area contributed by atoms with Gasteiger partial charge >= 0.3 is 6.09 Å². The SMILES string of the molecule is CC(C)(C)OC(=O)N1CC[C@H](NS(=O)(=O)c2ccc3cc(Cl)ccc3c2)C1. The third kappa shape index (κ3) is 4.91. The molecule has 8 heteroatoms. The van der Waals surface area contributed by atoms with Crippen molar-refractivity contribution in [3.63, 3.8) is 0 Å². The maximum atomic E-state index is 12.7. The average molecular weight is 411 g/mol. The van der Waals surface area contributed by atoms with Gasteiger partial charge in [0, 0.05) is 24.2 Å². The van der Waals surface area contributed by atoms with Crippen LogP contribution < -0.4 is 4.72 Å². The molecule has 2 aromatic carbocycles. The molecule has 3 rings (SSSR count). The number of carbonyl (C=O) groups excluding carboxylic acids is 1. The molecule has 0 saturated carbocycles. The summed E-state index contributed by atoms with van der Waals surface area (Å²) in [6.45, 7) is 6.14. The van der Waals surface area contributed by atoms with Crippen molar-refractivity contribution < 1.29 is 17.9 Å². The number of carbonyl (C=O) groups is 1. The molecule has 27 heavy (non-hydrogen) atoms. The average Bonchev–Trinajstić information content (AvgIpc) is 3.00. The Labute approximate surface area is 164 Å². The number of benzene rings is 2. The summed E-state index contributed by atoms with van der Waals surface area (Å²) in [6.07, 6.45) is 0.119. The van der Waals surface area contributed by atoms with E-state index in [4.69, 9.17) is 16.3 Å². The number of ether oxygens (including phenoxy) is 1. The Kier molecular flexibility index (Phi) is 5.38. The lowest BCUT2D eigenvalue weighted by Crippen LogP contribution is -2.40. The van der Waals surface area contributed by atoms with Crippen LogP contribution in [0, 0.1) is 0 Å². The van der Waals surface area contributed by atoms with E-state index in [0.29, 0.717) is 18.0 Å². The molecule has 0 unspecified atom stereocenters. The second-order valence-electron chi connectivity index (χ2n) is 7.69. The van der Waals surface area contributed by atoms with E-state index < -0.39 is 21.7 Å². The minimum Gasteiger partial charge on any atom is -0.444 e. The zero-order chi connectivity index (χ0) is 19.8. The van der Waals surface area contributed by atoms with E-state index in [0.717, 1.165) is 10.8 Å². The lowest BCUT2D eigenvalue weighted by molar-refractivity contribution is 0.0292. The van der Waals surface area contributed by atoms with Crippen LogP contribution in [0.5, 0.6) is 0 Å². The lowest BCUT2D eigenvalue weighted by atomic mass is 10.1. The molecule has 1 aliphatic heterocycles. The highest BCUT2D eigenvalue weighted by Gasteiger charge is 2.32. The van der Waals surface area contributed by atoms with Crippen molar-refractivity contribution in [1.29, 1.82) is 0 Å². The first-order valence-corrected chi connectivity index (χ1v) is 10.6. The largest absolute Gasteiger partial charge is 0.444 e. The molecule has 1 saturated heterocycles. The number of halogens is 1. The number of nitrogens with one attached hydrogen (secondary N) is 1. The van der Waals surface area contributed by atoms with E-state index >= 15 is 0 Å². The molecule has 0 aromatic heterocycles. The fourth-order valence-electron chi connectivity index (χ4n) is 3.00. The number of sulfonamides is 1. The summed E-state index contributed by atoms with van der Waals surface area (Å²) in [4.78, 5) is 13.8. The third-order valence-electron chi connectivity index (χ3n) is 4.25. The quantitative estimate of drug-likeness (QED) is 0.835. The van der Waals surface area contributed by atoms with Crippen LogP contribution >= 0.6 is 11.6 Å². The smallest absolute Gasteiger partial charge is 0.410 e. The predicted molar refractivity (Wildman–Crippen MR) is 105 cm³/mol. The van der Waals surface area contributed by atoms with Crippen LogP contribution in [0.15, 0.2) is 41.3 Å². The van der Waals surface area contributed by atoms with Gasteiger partial charge in [0.25, 0.3) is 0 Å². The van der Waals surface area contributed by atoms with Crippen LogP contribution in [0.25, 0.3) is 10.8 Å². The number of hydrogen-bond donors (Lipinski definition) is 1. The van der Waals surface area contributed by atoms with Crippen molar-refractivity contribution in [3.8, 4) is 0 Å². The number of hydrogen-bond acceptors (Lipinski definition) is 4. The normalized spacial score (nSPS) is 18.1. The van der Waals surface area contributed by atoms with Crippen LogP contribution in [-0.4, -0.2) is 44.1 Å². The van der Waals surface area contributed by atoms with Gasteiger partial charge in [-0.1, -0.05) is 23.7 Å². The standard InChI is InChI=1S/C19H23ClN2O4S/c1-19(2,3)26-18(23)22-9-8-16(12-22)21-27(24,25)17-7-5-13-10-15(20)6-4-14(13)11-17/h4-7,10-11,16,21H,8-9,12H2,1-3H3/t16-/m0/s1. The Hall–Kier alpha value is -1.83. The van der Waals surface area contributed by atoms with E-state index in [2.05, 4.69) is 4.72 Å². The third-order valence-corrected chi connectivity index (χ3v) is 6.00. The lowest BCUT2D eigenvalue weighted by Gasteiger charge is -2.24. The van der Waals surface area contributed by atoms with E-state index in [1.165, 1.54) is 4.90 Å². The Balaban J connectivity index is 1.70. The van der Waals surface area contributed by atoms with Crippen molar-refractivity contribution in [2.24, 2.45) is 0 Å². The molecule has 1 heterocycles. The van der Waals surface area contributed by atoms with Gasteiger partial charge in [-0.2, -0.15) is 0 Å². The summed E-state index contributed by atoms with van der Waals surface area (Å²) in [5, 5.41) is 2.27. The molecule has 1 fully saturated rings. The molecule has 0 spiro atoms. The van der Waals surface area contributed by atoms with E-state index in [9.17, 15) is 13.2 Å². The number of fused-ring (bicyclic) bond motifs is 1. The molecule has 2 aromatic rings. The fraction of sp³-hybridized carbons (Fsp3) is 0.421.